The summed E-state index contributed by atoms with van der Waals surface area (Å²) >= 11 is 0. The smallest absolute Gasteiger partial charge is 0.252 e. The number of amides is 2. The third kappa shape index (κ3) is 5.49. The number of rotatable bonds is 9. The summed E-state index contributed by atoms with van der Waals surface area (Å²) in [5, 5.41) is 0. The van der Waals surface area contributed by atoms with E-state index in [2.05, 4.69) is 6.08 Å². The zero-order chi connectivity index (χ0) is 25.0. The SMILES string of the molecule is CCOc1ccc(N2C(=O)CC(N(CCC3=CCCCC3)S(=O)(=O)c3ccc(C)cc3)C2=O)cc1. The first-order valence-electron chi connectivity index (χ1n) is 12.2. The Morgan fingerprint density at radius 3 is 2.37 bits per heavy atom. The van der Waals surface area contributed by atoms with Crippen LogP contribution in [0.3, 0.4) is 0 Å². The van der Waals surface area contributed by atoms with Crippen LogP contribution >= 0.6 is 0 Å². The highest BCUT2D eigenvalue weighted by Gasteiger charge is 2.46. The normalized spacial score (nSPS) is 18.8. The number of nitrogens with zero attached hydrogens (tertiary/aromatic N) is 2. The lowest BCUT2D eigenvalue weighted by molar-refractivity contribution is -0.122. The van der Waals surface area contributed by atoms with Crippen LogP contribution in [0.15, 0.2) is 65.1 Å². The van der Waals surface area contributed by atoms with E-state index in [1.807, 2.05) is 13.8 Å². The van der Waals surface area contributed by atoms with Gasteiger partial charge in [-0.2, -0.15) is 4.31 Å². The van der Waals surface area contributed by atoms with E-state index in [-0.39, 0.29) is 17.9 Å². The number of carbonyl (C=O) groups excluding carboxylic acids is 2. The highest BCUT2D eigenvalue weighted by Crippen LogP contribution is 2.31. The minimum atomic E-state index is -3.99. The Balaban J connectivity index is 1.64. The lowest BCUT2D eigenvalue weighted by Crippen LogP contribution is -2.46. The molecule has 0 saturated carbocycles. The van der Waals surface area contributed by atoms with Gasteiger partial charge in [-0.1, -0.05) is 29.3 Å². The summed E-state index contributed by atoms with van der Waals surface area (Å²) < 4.78 is 34.1. The van der Waals surface area contributed by atoms with E-state index >= 15 is 0 Å². The molecule has 8 heteroatoms. The van der Waals surface area contributed by atoms with Crippen molar-refractivity contribution in [3.8, 4) is 5.75 Å². The van der Waals surface area contributed by atoms with Crippen LogP contribution in [0.2, 0.25) is 0 Å². The molecular formula is C27H32N2O5S. The van der Waals surface area contributed by atoms with E-state index in [1.54, 1.807) is 48.5 Å². The van der Waals surface area contributed by atoms with Crippen molar-refractivity contribution in [2.45, 2.75) is 63.3 Å². The molecule has 1 aliphatic carbocycles. The van der Waals surface area contributed by atoms with Crippen LogP contribution in [0.25, 0.3) is 0 Å². The fourth-order valence-electron chi connectivity index (χ4n) is 4.64. The Bertz CT molecular complexity index is 1200. The van der Waals surface area contributed by atoms with Gasteiger partial charge in [0.15, 0.2) is 0 Å². The quantitative estimate of drug-likeness (QED) is 0.374. The van der Waals surface area contributed by atoms with Crippen LogP contribution < -0.4 is 9.64 Å². The van der Waals surface area contributed by atoms with Gasteiger partial charge >= 0.3 is 0 Å². The fraction of sp³-hybridized carbons (Fsp3) is 0.407. The number of sulfonamides is 1. The fourth-order valence-corrected chi connectivity index (χ4v) is 6.23. The van der Waals surface area contributed by atoms with Crippen molar-refractivity contribution in [2.24, 2.45) is 0 Å². The van der Waals surface area contributed by atoms with Gasteiger partial charge in [0.05, 0.1) is 23.6 Å². The van der Waals surface area contributed by atoms with Gasteiger partial charge in [-0.05, 0) is 82.3 Å². The van der Waals surface area contributed by atoms with Gasteiger partial charge in [-0.25, -0.2) is 13.3 Å². The number of allylic oxidation sites excluding steroid dienone is 1. The Kier molecular flexibility index (Phi) is 7.72. The minimum absolute atomic E-state index is 0.125. The van der Waals surface area contributed by atoms with Crippen LogP contribution in [0.1, 0.15) is 51.0 Å². The number of anilines is 1. The van der Waals surface area contributed by atoms with Gasteiger partial charge < -0.3 is 4.74 Å². The summed E-state index contributed by atoms with van der Waals surface area (Å²) in [5.41, 5.74) is 2.56. The molecule has 0 aromatic heterocycles. The summed E-state index contributed by atoms with van der Waals surface area (Å²) in [4.78, 5) is 27.7. The van der Waals surface area contributed by atoms with Crippen molar-refractivity contribution >= 4 is 27.5 Å². The Morgan fingerprint density at radius 1 is 1.03 bits per heavy atom. The Labute approximate surface area is 207 Å². The monoisotopic (exact) mass is 496 g/mol. The molecular weight excluding hydrogens is 464 g/mol. The summed E-state index contributed by atoms with van der Waals surface area (Å²) in [6, 6.07) is 12.2. The number of ether oxygens (including phenoxy) is 1. The number of carbonyl (C=O) groups is 2. The second kappa shape index (κ2) is 10.7. The average molecular weight is 497 g/mol. The van der Waals surface area contributed by atoms with E-state index in [0.717, 1.165) is 36.1 Å². The largest absolute Gasteiger partial charge is 0.494 e. The van der Waals surface area contributed by atoms with E-state index in [0.29, 0.717) is 24.5 Å². The van der Waals surface area contributed by atoms with Crippen LogP contribution in [-0.4, -0.2) is 43.7 Å². The topological polar surface area (TPSA) is 84.0 Å². The maximum atomic E-state index is 13.7. The highest BCUT2D eigenvalue weighted by molar-refractivity contribution is 7.89. The number of imide groups is 1. The molecule has 1 aliphatic heterocycles. The number of hydrogen-bond donors (Lipinski definition) is 0. The molecule has 0 N–H and O–H groups in total. The van der Waals surface area contributed by atoms with Gasteiger partial charge in [0.2, 0.25) is 15.9 Å². The average Bonchev–Trinajstić information content (AvgIpc) is 3.14. The van der Waals surface area contributed by atoms with E-state index in [1.165, 1.54) is 9.88 Å². The molecule has 0 bridgehead atoms. The van der Waals surface area contributed by atoms with Gasteiger partial charge in [0, 0.05) is 6.54 Å². The number of benzene rings is 2. The molecule has 7 nitrogen and oxygen atoms in total. The molecule has 2 aromatic rings. The van der Waals surface area contributed by atoms with Crippen LogP contribution in [0.4, 0.5) is 5.69 Å². The van der Waals surface area contributed by atoms with Gasteiger partial charge in [0.25, 0.3) is 5.91 Å². The molecule has 35 heavy (non-hydrogen) atoms. The molecule has 1 heterocycles. The second-order valence-corrected chi connectivity index (χ2v) is 10.9. The van der Waals surface area contributed by atoms with Crippen molar-refractivity contribution in [2.75, 3.05) is 18.1 Å². The van der Waals surface area contributed by atoms with E-state index < -0.39 is 27.9 Å². The molecule has 0 radical (unpaired) electrons. The summed E-state index contributed by atoms with van der Waals surface area (Å²) in [6.07, 6.45) is 6.70. The molecule has 1 fully saturated rings. The molecule has 0 spiro atoms. The van der Waals surface area contributed by atoms with Crippen molar-refractivity contribution < 1.29 is 22.7 Å². The van der Waals surface area contributed by atoms with E-state index in [9.17, 15) is 18.0 Å². The summed E-state index contributed by atoms with van der Waals surface area (Å²) in [6.45, 7) is 4.42. The van der Waals surface area contributed by atoms with Crippen LogP contribution in [0, 0.1) is 6.92 Å². The predicted molar refractivity (Wildman–Crippen MR) is 135 cm³/mol. The molecule has 1 atom stereocenters. The zero-order valence-corrected chi connectivity index (χ0v) is 21.1. The maximum Gasteiger partial charge on any atom is 0.252 e. The lowest BCUT2D eigenvalue weighted by Gasteiger charge is -2.28. The first-order chi connectivity index (χ1) is 16.8. The maximum absolute atomic E-state index is 13.7. The first-order valence-corrected chi connectivity index (χ1v) is 13.6. The van der Waals surface area contributed by atoms with Gasteiger partial charge in [-0.3, -0.25) is 9.59 Å². The molecule has 1 unspecified atom stereocenters. The zero-order valence-electron chi connectivity index (χ0n) is 20.3. The molecule has 2 aromatic carbocycles. The first kappa shape index (κ1) is 25.1. The van der Waals surface area contributed by atoms with Gasteiger partial charge in [0.1, 0.15) is 11.8 Å². The molecule has 2 amide bonds. The Morgan fingerprint density at radius 2 is 1.74 bits per heavy atom. The third-order valence-electron chi connectivity index (χ3n) is 6.54. The third-order valence-corrected chi connectivity index (χ3v) is 8.46. The van der Waals surface area contributed by atoms with Crippen molar-refractivity contribution in [3.05, 3.63) is 65.7 Å². The van der Waals surface area contributed by atoms with Gasteiger partial charge in [-0.15, -0.1) is 0 Å². The molecule has 2 aliphatic rings. The second-order valence-electron chi connectivity index (χ2n) is 9.00. The van der Waals surface area contributed by atoms with Crippen molar-refractivity contribution in [1.29, 1.82) is 0 Å². The standard InChI is InChI=1S/C27H32N2O5S/c1-3-34-23-13-11-22(12-14-23)29-26(30)19-25(27(29)31)28(18-17-21-7-5-4-6-8-21)35(32,33)24-15-9-20(2)10-16-24/h7,9-16,25H,3-6,8,17-19H2,1-2H3. The highest BCUT2D eigenvalue weighted by atomic mass is 32.2. The lowest BCUT2D eigenvalue weighted by atomic mass is 9.97. The minimum Gasteiger partial charge on any atom is -0.494 e. The summed E-state index contributed by atoms with van der Waals surface area (Å²) in [7, 11) is -3.99. The predicted octanol–water partition coefficient (Wildman–Crippen LogP) is 4.61. The van der Waals surface area contributed by atoms with Crippen molar-refractivity contribution in [1.82, 2.24) is 4.31 Å². The molecule has 1 saturated heterocycles. The van der Waals surface area contributed by atoms with E-state index in [4.69, 9.17) is 4.74 Å². The molecule has 4 rings (SSSR count). The number of hydrogen-bond acceptors (Lipinski definition) is 5. The Hall–Kier alpha value is -2.97. The van der Waals surface area contributed by atoms with Crippen LogP contribution in [-0.2, 0) is 19.6 Å². The summed E-state index contributed by atoms with van der Waals surface area (Å²) in [5.74, 6) is -0.297. The number of aryl methyl sites for hydroxylation is 1. The molecule has 186 valence electrons. The van der Waals surface area contributed by atoms with Crippen molar-refractivity contribution in [3.63, 3.8) is 0 Å². The van der Waals surface area contributed by atoms with Crippen LogP contribution in [0.5, 0.6) is 5.75 Å².